The Labute approximate surface area is 108 Å². The van der Waals surface area contributed by atoms with E-state index in [1.54, 1.807) is 12.5 Å². The summed E-state index contributed by atoms with van der Waals surface area (Å²) in [5.41, 5.74) is 1.17. The number of ether oxygens (including phenoxy) is 1. The molecule has 96 valence electrons. The molecule has 3 nitrogen and oxygen atoms in total. The van der Waals surface area contributed by atoms with Crippen LogP contribution in [0.2, 0.25) is 0 Å². The van der Waals surface area contributed by atoms with Gasteiger partial charge in [-0.3, -0.25) is 0 Å². The van der Waals surface area contributed by atoms with Crippen LogP contribution in [-0.2, 0) is 0 Å². The Morgan fingerprint density at radius 1 is 1.22 bits per heavy atom. The Balaban J connectivity index is 1.83. The largest absolute Gasteiger partial charge is 0.494 e. The third-order valence-corrected chi connectivity index (χ3v) is 2.81. The van der Waals surface area contributed by atoms with E-state index in [4.69, 9.17) is 9.15 Å². The average molecular weight is 245 g/mol. The van der Waals surface area contributed by atoms with Crippen LogP contribution in [0.3, 0.4) is 0 Å². The van der Waals surface area contributed by atoms with Crippen LogP contribution in [0, 0.1) is 0 Å². The van der Waals surface area contributed by atoms with E-state index < -0.39 is 0 Å². The van der Waals surface area contributed by atoms with Crippen LogP contribution in [0.4, 0.5) is 0 Å². The smallest absolute Gasteiger partial charge is 0.119 e. The van der Waals surface area contributed by atoms with Gasteiger partial charge in [0.15, 0.2) is 0 Å². The lowest BCUT2D eigenvalue weighted by Gasteiger charge is -2.16. The normalized spacial score (nSPS) is 12.3. The highest BCUT2D eigenvalue weighted by molar-refractivity contribution is 5.21. The first-order valence-corrected chi connectivity index (χ1v) is 6.33. The van der Waals surface area contributed by atoms with Gasteiger partial charge in [-0.05, 0) is 24.7 Å². The molecule has 18 heavy (non-hydrogen) atoms. The summed E-state index contributed by atoms with van der Waals surface area (Å²) in [5.74, 6) is 0.917. The molecule has 0 amide bonds. The predicted octanol–water partition coefficient (Wildman–Crippen LogP) is 3.40. The van der Waals surface area contributed by atoms with Crippen molar-refractivity contribution in [2.45, 2.75) is 19.4 Å². The Morgan fingerprint density at radius 2 is 2.06 bits per heavy atom. The van der Waals surface area contributed by atoms with Crippen molar-refractivity contribution in [2.24, 2.45) is 0 Å². The van der Waals surface area contributed by atoms with E-state index in [1.807, 2.05) is 36.4 Å². The topological polar surface area (TPSA) is 34.4 Å². The molecular weight excluding hydrogens is 226 g/mol. The number of rotatable bonds is 7. The van der Waals surface area contributed by atoms with Crippen molar-refractivity contribution < 1.29 is 9.15 Å². The second-order valence-electron chi connectivity index (χ2n) is 4.12. The van der Waals surface area contributed by atoms with Crippen LogP contribution >= 0.6 is 0 Å². The van der Waals surface area contributed by atoms with Crippen LogP contribution in [0.25, 0.3) is 0 Å². The molecule has 0 aliphatic carbocycles. The molecule has 0 saturated heterocycles. The molecule has 0 aliphatic heterocycles. The Bertz CT molecular complexity index is 425. The fourth-order valence-corrected chi connectivity index (χ4v) is 1.92. The first-order chi connectivity index (χ1) is 8.90. The van der Waals surface area contributed by atoms with Crippen LogP contribution in [-0.4, -0.2) is 13.2 Å². The summed E-state index contributed by atoms with van der Waals surface area (Å²) in [6.45, 7) is 3.72. The lowest BCUT2D eigenvalue weighted by molar-refractivity contribution is 0.287. The van der Waals surface area contributed by atoms with Crippen LogP contribution < -0.4 is 10.1 Å². The maximum Gasteiger partial charge on any atom is 0.119 e. The molecule has 0 spiro atoms. The number of nitrogens with one attached hydrogen (secondary N) is 1. The first kappa shape index (κ1) is 12.7. The number of hydrogen-bond acceptors (Lipinski definition) is 3. The van der Waals surface area contributed by atoms with Gasteiger partial charge in [-0.25, -0.2) is 0 Å². The van der Waals surface area contributed by atoms with Crippen molar-refractivity contribution in [3.05, 3.63) is 54.5 Å². The van der Waals surface area contributed by atoms with Gasteiger partial charge in [0, 0.05) is 18.0 Å². The van der Waals surface area contributed by atoms with Gasteiger partial charge in [-0.1, -0.05) is 25.1 Å². The highest BCUT2D eigenvalue weighted by Crippen LogP contribution is 2.18. The molecule has 1 heterocycles. The molecule has 1 aromatic carbocycles. The number of furan rings is 1. The summed E-state index contributed by atoms with van der Waals surface area (Å²) in [6.07, 6.45) is 4.41. The Kier molecular flexibility index (Phi) is 4.85. The zero-order valence-corrected chi connectivity index (χ0v) is 10.6. The van der Waals surface area contributed by atoms with Gasteiger partial charge >= 0.3 is 0 Å². The molecule has 1 atom stereocenters. The summed E-state index contributed by atoms with van der Waals surface area (Å²) in [4.78, 5) is 0. The quantitative estimate of drug-likeness (QED) is 0.811. The second-order valence-corrected chi connectivity index (χ2v) is 4.12. The molecule has 2 rings (SSSR count). The molecule has 1 unspecified atom stereocenters. The lowest BCUT2D eigenvalue weighted by Crippen LogP contribution is -2.22. The molecule has 1 aromatic heterocycles. The fraction of sp³-hybridized carbons (Fsp3) is 0.333. The summed E-state index contributed by atoms with van der Waals surface area (Å²) in [6, 6.07) is 12.2. The molecular formula is C15H19NO2. The molecule has 2 aromatic rings. The van der Waals surface area contributed by atoms with E-state index in [2.05, 4.69) is 12.2 Å². The summed E-state index contributed by atoms with van der Waals surface area (Å²) in [5, 5.41) is 3.43. The molecule has 0 bridgehead atoms. The van der Waals surface area contributed by atoms with Gasteiger partial charge in [0.1, 0.15) is 5.75 Å². The molecule has 0 aliphatic rings. The Morgan fingerprint density at radius 3 is 2.72 bits per heavy atom. The third-order valence-electron chi connectivity index (χ3n) is 2.81. The van der Waals surface area contributed by atoms with E-state index in [9.17, 15) is 0 Å². The molecule has 0 radical (unpaired) electrons. The second kappa shape index (κ2) is 6.87. The van der Waals surface area contributed by atoms with Crippen LogP contribution in [0.5, 0.6) is 5.75 Å². The van der Waals surface area contributed by atoms with Crippen LogP contribution in [0.15, 0.2) is 53.3 Å². The van der Waals surface area contributed by atoms with E-state index in [1.165, 1.54) is 5.56 Å². The third kappa shape index (κ3) is 3.64. The highest BCUT2D eigenvalue weighted by atomic mass is 16.5. The minimum absolute atomic E-state index is 0.289. The van der Waals surface area contributed by atoms with Gasteiger partial charge in [0.05, 0.1) is 19.1 Å². The van der Waals surface area contributed by atoms with E-state index in [-0.39, 0.29) is 6.04 Å². The minimum atomic E-state index is 0.289. The molecule has 1 N–H and O–H groups in total. The zero-order valence-electron chi connectivity index (χ0n) is 10.6. The van der Waals surface area contributed by atoms with E-state index in [0.717, 1.165) is 18.7 Å². The van der Waals surface area contributed by atoms with Crippen molar-refractivity contribution in [1.82, 2.24) is 5.32 Å². The standard InChI is InChI=1S/C15H19NO2/c1-2-16-15(13-8-10-17-12-13)9-11-18-14-6-4-3-5-7-14/h3-8,10,12,15-16H,2,9,11H2,1H3. The predicted molar refractivity (Wildman–Crippen MR) is 71.7 cm³/mol. The van der Waals surface area contributed by atoms with Crippen molar-refractivity contribution in [3.8, 4) is 5.75 Å². The maximum absolute atomic E-state index is 5.71. The number of para-hydroxylation sites is 1. The van der Waals surface area contributed by atoms with Gasteiger partial charge in [-0.15, -0.1) is 0 Å². The number of benzene rings is 1. The lowest BCUT2D eigenvalue weighted by atomic mass is 10.1. The van der Waals surface area contributed by atoms with Crippen molar-refractivity contribution in [2.75, 3.05) is 13.2 Å². The highest BCUT2D eigenvalue weighted by Gasteiger charge is 2.11. The summed E-state index contributed by atoms with van der Waals surface area (Å²) >= 11 is 0. The first-order valence-electron chi connectivity index (χ1n) is 6.33. The number of hydrogen-bond donors (Lipinski definition) is 1. The van der Waals surface area contributed by atoms with E-state index >= 15 is 0 Å². The molecule has 3 heteroatoms. The summed E-state index contributed by atoms with van der Waals surface area (Å²) < 4.78 is 10.8. The maximum atomic E-state index is 5.71. The van der Waals surface area contributed by atoms with Crippen molar-refractivity contribution >= 4 is 0 Å². The molecule has 0 saturated carbocycles. The van der Waals surface area contributed by atoms with Crippen molar-refractivity contribution in [3.63, 3.8) is 0 Å². The van der Waals surface area contributed by atoms with Gasteiger partial charge < -0.3 is 14.5 Å². The van der Waals surface area contributed by atoms with Crippen molar-refractivity contribution in [1.29, 1.82) is 0 Å². The average Bonchev–Trinajstić information content (AvgIpc) is 2.93. The van der Waals surface area contributed by atoms with Gasteiger partial charge in [0.2, 0.25) is 0 Å². The van der Waals surface area contributed by atoms with Gasteiger partial charge in [0.25, 0.3) is 0 Å². The minimum Gasteiger partial charge on any atom is -0.494 e. The summed E-state index contributed by atoms with van der Waals surface area (Å²) in [7, 11) is 0. The fourth-order valence-electron chi connectivity index (χ4n) is 1.92. The van der Waals surface area contributed by atoms with Crippen LogP contribution in [0.1, 0.15) is 24.9 Å². The zero-order chi connectivity index (χ0) is 12.6. The monoisotopic (exact) mass is 245 g/mol. The molecule has 0 fully saturated rings. The SMILES string of the molecule is CCNC(CCOc1ccccc1)c1ccoc1. The Hall–Kier alpha value is -1.74. The van der Waals surface area contributed by atoms with E-state index in [0.29, 0.717) is 6.61 Å². The van der Waals surface area contributed by atoms with Gasteiger partial charge in [-0.2, -0.15) is 0 Å².